The van der Waals surface area contributed by atoms with Gasteiger partial charge in [0.05, 0.1) is 12.2 Å². The number of rotatable bonds is 3. The van der Waals surface area contributed by atoms with Crippen LogP contribution in [-0.2, 0) is 9.47 Å². The molecule has 3 heterocycles. The van der Waals surface area contributed by atoms with E-state index in [1.54, 1.807) is 32.0 Å². The molecule has 30 heavy (non-hydrogen) atoms. The van der Waals surface area contributed by atoms with E-state index in [0.717, 1.165) is 0 Å². The Kier molecular flexibility index (Phi) is 5.35. The molecule has 1 aromatic carbocycles. The van der Waals surface area contributed by atoms with E-state index < -0.39 is 60.7 Å². The third-order valence-corrected chi connectivity index (χ3v) is 5.57. The molecule has 0 spiro atoms. The highest BCUT2D eigenvalue weighted by atomic mass is 16.7. The molecule has 0 radical (unpaired) electrons. The van der Waals surface area contributed by atoms with Gasteiger partial charge in [-0.2, -0.15) is 0 Å². The Morgan fingerprint density at radius 2 is 1.73 bits per heavy atom. The molecule has 5 N–H and O–H groups in total. The first-order valence-electron chi connectivity index (χ1n) is 9.54. The largest absolute Gasteiger partial charge is 0.485 e. The molecular weight excluding hydrogens is 400 g/mol. The van der Waals surface area contributed by atoms with Gasteiger partial charge in [-0.15, -0.1) is 0 Å². The van der Waals surface area contributed by atoms with Crippen LogP contribution in [0.15, 0.2) is 33.5 Å². The van der Waals surface area contributed by atoms with Gasteiger partial charge in [-0.05, 0) is 32.0 Å². The van der Waals surface area contributed by atoms with Crippen LogP contribution < -0.4 is 10.4 Å². The number of hydrogen-bond acceptors (Lipinski definition) is 10. The fourth-order valence-electron chi connectivity index (χ4n) is 3.83. The number of ether oxygens (including phenoxy) is 3. The highest BCUT2D eigenvalue weighted by Crippen LogP contribution is 2.46. The van der Waals surface area contributed by atoms with Crippen LogP contribution in [0.1, 0.15) is 25.5 Å². The van der Waals surface area contributed by atoms with E-state index in [4.69, 9.17) is 18.6 Å². The molecule has 164 valence electrons. The second-order valence-corrected chi connectivity index (χ2v) is 8.05. The van der Waals surface area contributed by atoms with Crippen molar-refractivity contribution in [2.24, 2.45) is 0 Å². The average Bonchev–Trinajstić information content (AvgIpc) is 2.70. The minimum atomic E-state index is -1.66. The topological polar surface area (TPSA) is 159 Å². The molecule has 1 fully saturated rings. The molecule has 0 aliphatic carbocycles. The second-order valence-electron chi connectivity index (χ2n) is 8.05. The summed E-state index contributed by atoms with van der Waals surface area (Å²) in [4.78, 5) is 11.8. The summed E-state index contributed by atoms with van der Waals surface area (Å²) in [6.07, 6.45) is -9.99. The van der Waals surface area contributed by atoms with Crippen LogP contribution in [0.25, 0.3) is 11.0 Å². The van der Waals surface area contributed by atoms with Crippen LogP contribution >= 0.6 is 0 Å². The first-order chi connectivity index (χ1) is 14.1. The van der Waals surface area contributed by atoms with E-state index in [1.165, 1.54) is 6.07 Å². The predicted molar refractivity (Wildman–Crippen MR) is 101 cm³/mol. The average molecular weight is 424 g/mol. The smallest absolute Gasteiger partial charge is 0.336 e. The van der Waals surface area contributed by atoms with Gasteiger partial charge in [0.15, 0.2) is 6.29 Å². The van der Waals surface area contributed by atoms with Crippen molar-refractivity contribution in [1.82, 2.24) is 0 Å². The van der Waals surface area contributed by atoms with Gasteiger partial charge in [0, 0.05) is 11.5 Å². The molecule has 4 rings (SSSR count). The van der Waals surface area contributed by atoms with Crippen molar-refractivity contribution in [3.8, 4) is 5.75 Å². The molecule has 10 nitrogen and oxygen atoms in total. The van der Waals surface area contributed by atoms with Crippen molar-refractivity contribution in [3.63, 3.8) is 0 Å². The second kappa shape index (κ2) is 7.57. The highest BCUT2D eigenvalue weighted by molar-refractivity contribution is 5.83. The molecule has 2 aromatic rings. The van der Waals surface area contributed by atoms with Gasteiger partial charge in [0.1, 0.15) is 53.6 Å². The van der Waals surface area contributed by atoms with Gasteiger partial charge in [-0.25, -0.2) is 4.79 Å². The minimum Gasteiger partial charge on any atom is -0.485 e. The Hall–Kier alpha value is -2.05. The Morgan fingerprint density at radius 1 is 1.03 bits per heavy atom. The number of fused-ring (bicyclic) bond motifs is 3. The lowest BCUT2D eigenvalue weighted by atomic mass is 9.87. The maximum atomic E-state index is 11.8. The maximum absolute atomic E-state index is 11.8. The number of hydrogen-bond donors (Lipinski definition) is 5. The monoisotopic (exact) mass is 424 g/mol. The molecule has 1 saturated heterocycles. The van der Waals surface area contributed by atoms with Crippen molar-refractivity contribution in [2.75, 3.05) is 6.61 Å². The molecule has 10 heteroatoms. The van der Waals surface area contributed by atoms with E-state index in [0.29, 0.717) is 11.1 Å². The van der Waals surface area contributed by atoms with Gasteiger partial charge in [-0.1, -0.05) is 0 Å². The summed E-state index contributed by atoms with van der Waals surface area (Å²) in [7, 11) is 0. The number of aliphatic hydroxyl groups is 5. The normalized spacial score (nSPS) is 35.6. The fourth-order valence-corrected chi connectivity index (χ4v) is 3.83. The summed E-state index contributed by atoms with van der Waals surface area (Å²) in [6, 6.07) is 6.15. The standard InChI is InChI=1S/C20H24O10/c1-20(2)18(26)17(29-19-15(25)14(24)13(23)10(7-21)27-19)12-9(30-20)5-3-8-4-6-11(22)28-16(8)12/h3-6,10,13-15,17-19,21,23-26H,7H2,1-2H3/t10-,13-,14+,15-,17+,18-,19+/m0/s1. The molecule has 2 aliphatic heterocycles. The van der Waals surface area contributed by atoms with Gasteiger partial charge in [-0.3, -0.25) is 0 Å². The SMILES string of the molecule is CC1(C)Oc2ccc3ccc(=O)oc3c2[C@@H](O[C@H]2O[C@@H](CO)[C@H](O)[C@@H](O)[C@@H]2O)[C@@H]1O. The Labute approximate surface area is 170 Å². The first kappa shape index (κ1) is 21.2. The molecule has 2 aliphatic rings. The molecule has 0 unspecified atom stereocenters. The molecule has 0 bridgehead atoms. The number of aliphatic hydroxyl groups excluding tert-OH is 5. The van der Waals surface area contributed by atoms with Crippen LogP contribution in [0.3, 0.4) is 0 Å². The van der Waals surface area contributed by atoms with Gasteiger partial charge in [0.25, 0.3) is 0 Å². The minimum absolute atomic E-state index is 0.143. The summed E-state index contributed by atoms with van der Waals surface area (Å²) >= 11 is 0. The highest BCUT2D eigenvalue weighted by Gasteiger charge is 2.50. The Bertz CT molecular complexity index is 983. The maximum Gasteiger partial charge on any atom is 0.336 e. The fraction of sp³-hybridized carbons (Fsp3) is 0.550. The summed E-state index contributed by atoms with van der Waals surface area (Å²) in [5.41, 5.74) is -1.34. The number of benzene rings is 1. The summed E-state index contributed by atoms with van der Waals surface area (Å²) in [5.74, 6) is 0.307. The third kappa shape index (κ3) is 3.40. The molecule has 0 amide bonds. The van der Waals surface area contributed by atoms with Crippen LogP contribution in [0.2, 0.25) is 0 Å². The van der Waals surface area contributed by atoms with Crippen molar-refractivity contribution in [1.29, 1.82) is 0 Å². The van der Waals surface area contributed by atoms with E-state index in [2.05, 4.69) is 0 Å². The lowest BCUT2D eigenvalue weighted by Crippen LogP contribution is -2.60. The van der Waals surface area contributed by atoms with E-state index >= 15 is 0 Å². The van der Waals surface area contributed by atoms with Crippen molar-refractivity contribution in [3.05, 3.63) is 40.2 Å². The zero-order valence-electron chi connectivity index (χ0n) is 16.3. The van der Waals surface area contributed by atoms with E-state index in [9.17, 15) is 30.3 Å². The van der Waals surface area contributed by atoms with Crippen LogP contribution in [-0.4, -0.2) is 74.6 Å². The molecular formula is C20H24O10. The molecule has 7 atom stereocenters. The van der Waals surface area contributed by atoms with E-state index in [1.807, 2.05) is 0 Å². The van der Waals surface area contributed by atoms with Crippen molar-refractivity contribution < 1.29 is 44.2 Å². The zero-order chi connectivity index (χ0) is 21.8. The van der Waals surface area contributed by atoms with Crippen LogP contribution in [0.5, 0.6) is 5.75 Å². The summed E-state index contributed by atoms with van der Waals surface area (Å²) in [6.45, 7) is 2.65. The lowest BCUT2D eigenvalue weighted by Gasteiger charge is -2.45. The zero-order valence-corrected chi connectivity index (χ0v) is 16.3. The van der Waals surface area contributed by atoms with Crippen molar-refractivity contribution >= 4 is 11.0 Å². The Balaban J connectivity index is 1.79. The van der Waals surface area contributed by atoms with Gasteiger partial charge in [0.2, 0.25) is 0 Å². The first-order valence-corrected chi connectivity index (χ1v) is 9.54. The molecule has 1 aromatic heterocycles. The van der Waals surface area contributed by atoms with Crippen LogP contribution in [0, 0.1) is 0 Å². The quantitative estimate of drug-likeness (QED) is 0.394. The van der Waals surface area contributed by atoms with Crippen molar-refractivity contribution in [2.45, 2.75) is 62.4 Å². The third-order valence-electron chi connectivity index (χ3n) is 5.57. The summed E-state index contributed by atoms with van der Waals surface area (Å²) < 4.78 is 22.5. The van der Waals surface area contributed by atoms with E-state index in [-0.39, 0.29) is 11.1 Å². The molecule has 0 saturated carbocycles. The lowest BCUT2D eigenvalue weighted by molar-refractivity contribution is -0.324. The Morgan fingerprint density at radius 3 is 2.43 bits per heavy atom. The summed E-state index contributed by atoms with van der Waals surface area (Å²) in [5, 5.41) is 51.3. The van der Waals surface area contributed by atoms with Gasteiger partial charge >= 0.3 is 5.63 Å². The van der Waals surface area contributed by atoms with Crippen LogP contribution in [0.4, 0.5) is 0 Å². The predicted octanol–water partition coefficient (Wildman–Crippen LogP) is -0.818. The van der Waals surface area contributed by atoms with Gasteiger partial charge < -0.3 is 44.2 Å².